The van der Waals surface area contributed by atoms with Crippen LogP contribution < -0.4 is 10.6 Å². The normalized spacial score (nSPS) is 16.9. The largest absolute Gasteiger partial charge is 0.384 e. The molecule has 1 aromatic heterocycles. The van der Waals surface area contributed by atoms with E-state index in [1.807, 2.05) is 12.4 Å². The molecule has 0 aromatic carbocycles. The number of nitrogens with one attached hydrogen (secondary N) is 2. The first-order chi connectivity index (χ1) is 7.78. The summed E-state index contributed by atoms with van der Waals surface area (Å²) in [6.07, 6.45) is 7.78. The summed E-state index contributed by atoms with van der Waals surface area (Å²) in [5.41, 5.74) is 2.79. The van der Waals surface area contributed by atoms with Crippen molar-refractivity contribution in [2.24, 2.45) is 5.41 Å². The molecule has 1 aliphatic carbocycles. The van der Waals surface area contributed by atoms with E-state index in [1.165, 1.54) is 19.3 Å². The van der Waals surface area contributed by atoms with Crippen LogP contribution in [-0.4, -0.2) is 18.1 Å². The van der Waals surface area contributed by atoms with E-state index < -0.39 is 0 Å². The fourth-order valence-corrected chi connectivity index (χ4v) is 1.96. The molecular weight excluding hydrogens is 198 g/mol. The minimum Gasteiger partial charge on any atom is -0.384 e. The first kappa shape index (κ1) is 11.2. The summed E-state index contributed by atoms with van der Waals surface area (Å²) in [4.78, 5) is 4.23. The summed E-state index contributed by atoms with van der Waals surface area (Å²) in [6.45, 7) is 6.39. The lowest BCUT2D eigenvalue weighted by atomic mass is 10.0. The molecule has 0 spiro atoms. The van der Waals surface area contributed by atoms with Crippen molar-refractivity contribution in [1.29, 1.82) is 0 Å². The topological polar surface area (TPSA) is 37.0 Å². The van der Waals surface area contributed by atoms with Crippen molar-refractivity contribution < 1.29 is 0 Å². The molecule has 0 atom stereocenters. The van der Waals surface area contributed by atoms with Crippen LogP contribution in [-0.2, 0) is 0 Å². The molecule has 1 fully saturated rings. The molecule has 1 aromatic rings. The van der Waals surface area contributed by atoms with Gasteiger partial charge in [0.1, 0.15) is 0 Å². The van der Waals surface area contributed by atoms with Gasteiger partial charge in [-0.25, -0.2) is 0 Å². The Kier molecular flexibility index (Phi) is 3.32. The van der Waals surface area contributed by atoms with Gasteiger partial charge in [-0.05, 0) is 37.7 Å². The second-order valence-corrected chi connectivity index (χ2v) is 4.70. The quantitative estimate of drug-likeness (QED) is 0.772. The molecule has 0 radical (unpaired) electrons. The summed E-state index contributed by atoms with van der Waals surface area (Å²) >= 11 is 0. The Morgan fingerprint density at radius 3 is 2.44 bits per heavy atom. The standard InChI is InChI=1S/C13H21N3/c1-3-13(5-6-13)10-16-12-7-11(15-4-2)8-14-9-12/h7-9,15-16H,3-6,10H2,1-2H3. The number of rotatable bonds is 6. The smallest absolute Gasteiger partial charge is 0.0547 e. The Morgan fingerprint density at radius 2 is 1.88 bits per heavy atom. The second kappa shape index (κ2) is 4.73. The van der Waals surface area contributed by atoms with Crippen LogP contribution in [0.3, 0.4) is 0 Å². The summed E-state index contributed by atoms with van der Waals surface area (Å²) in [5.74, 6) is 0. The Morgan fingerprint density at radius 1 is 1.19 bits per heavy atom. The first-order valence-electron chi connectivity index (χ1n) is 6.21. The van der Waals surface area contributed by atoms with E-state index in [1.54, 1.807) is 0 Å². The van der Waals surface area contributed by atoms with Gasteiger partial charge in [0, 0.05) is 13.1 Å². The van der Waals surface area contributed by atoms with Crippen molar-refractivity contribution in [3.05, 3.63) is 18.5 Å². The number of pyridine rings is 1. The molecule has 1 aliphatic rings. The molecule has 1 heterocycles. The van der Waals surface area contributed by atoms with E-state index in [0.717, 1.165) is 24.5 Å². The molecule has 0 saturated heterocycles. The van der Waals surface area contributed by atoms with Crippen molar-refractivity contribution in [3.8, 4) is 0 Å². The molecule has 2 rings (SSSR count). The third-order valence-electron chi connectivity index (χ3n) is 3.49. The van der Waals surface area contributed by atoms with Gasteiger partial charge in [-0.1, -0.05) is 6.92 Å². The highest BCUT2D eigenvalue weighted by Gasteiger charge is 2.40. The molecule has 0 amide bonds. The highest BCUT2D eigenvalue weighted by molar-refractivity contribution is 5.54. The van der Waals surface area contributed by atoms with Gasteiger partial charge in [-0.15, -0.1) is 0 Å². The highest BCUT2D eigenvalue weighted by atomic mass is 14.9. The molecule has 0 bridgehead atoms. The van der Waals surface area contributed by atoms with Crippen LogP contribution in [0, 0.1) is 5.41 Å². The fourth-order valence-electron chi connectivity index (χ4n) is 1.96. The molecule has 1 saturated carbocycles. The zero-order chi connectivity index (χ0) is 11.4. The van der Waals surface area contributed by atoms with Crippen molar-refractivity contribution in [2.45, 2.75) is 33.1 Å². The van der Waals surface area contributed by atoms with Crippen molar-refractivity contribution in [3.63, 3.8) is 0 Å². The van der Waals surface area contributed by atoms with E-state index in [2.05, 4.69) is 35.5 Å². The van der Waals surface area contributed by atoms with Crippen LogP contribution in [0.2, 0.25) is 0 Å². The van der Waals surface area contributed by atoms with Crippen molar-refractivity contribution in [1.82, 2.24) is 4.98 Å². The van der Waals surface area contributed by atoms with Crippen LogP contribution in [0.25, 0.3) is 0 Å². The van der Waals surface area contributed by atoms with Gasteiger partial charge in [0.2, 0.25) is 0 Å². The average Bonchev–Trinajstić information content (AvgIpc) is 3.08. The lowest BCUT2D eigenvalue weighted by molar-refractivity contribution is 0.521. The van der Waals surface area contributed by atoms with Crippen molar-refractivity contribution >= 4 is 11.4 Å². The summed E-state index contributed by atoms with van der Waals surface area (Å²) in [5, 5.41) is 6.77. The third-order valence-corrected chi connectivity index (χ3v) is 3.49. The Hall–Kier alpha value is -1.25. The number of hydrogen-bond donors (Lipinski definition) is 2. The molecule has 88 valence electrons. The van der Waals surface area contributed by atoms with Gasteiger partial charge >= 0.3 is 0 Å². The predicted molar refractivity (Wildman–Crippen MR) is 68.8 cm³/mol. The fraction of sp³-hybridized carbons (Fsp3) is 0.615. The molecule has 16 heavy (non-hydrogen) atoms. The molecule has 3 nitrogen and oxygen atoms in total. The van der Waals surface area contributed by atoms with E-state index in [9.17, 15) is 0 Å². The molecule has 2 N–H and O–H groups in total. The SMILES string of the molecule is CCNc1cncc(NCC2(CC)CC2)c1. The summed E-state index contributed by atoms with van der Waals surface area (Å²) < 4.78 is 0. The molecule has 0 unspecified atom stereocenters. The Balaban J connectivity index is 1.91. The maximum Gasteiger partial charge on any atom is 0.0547 e. The molecule has 3 heteroatoms. The lowest BCUT2D eigenvalue weighted by Crippen LogP contribution is -2.14. The van der Waals surface area contributed by atoms with Crippen LogP contribution in [0.1, 0.15) is 33.1 Å². The van der Waals surface area contributed by atoms with Gasteiger partial charge in [0.25, 0.3) is 0 Å². The van der Waals surface area contributed by atoms with Gasteiger partial charge in [-0.2, -0.15) is 0 Å². The monoisotopic (exact) mass is 219 g/mol. The maximum atomic E-state index is 4.23. The molecule has 0 aliphatic heterocycles. The Bertz CT molecular complexity index is 345. The van der Waals surface area contributed by atoms with Crippen LogP contribution in [0.4, 0.5) is 11.4 Å². The highest BCUT2D eigenvalue weighted by Crippen LogP contribution is 2.48. The van der Waals surface area contributed by atoms with Gasteiger partial charge in [0.15, 0.2) is 0 Å². The number of anilines is 2. The lowest BCUT2D eigenvalue weighted by Gasteiger charge is -2.14. The minimum atomic E-state index is 0.578. The van der Waals surface area contributed by atoms with E-state index in [0.29, 0.717) is 5.41 Å². The van der Waals surface area contributed by atoms with Crippen LogP contribution >= 0.6 is 0 Å². The van der Waals surface area contributed by atoms with Gasteiger partial charge in [0.05, 0.1) is 23.8 Å². The maximum absolute atomic E-state index is 4.23. The number of aromatic nitrogens is 1. The van der Waals surface area contributed by atoms with Crippen LogP contribution in [0.15, 0.2) is 18.5 Å². The molecular formula is C13H21N3. The van der Waals surface area contributed by atoms with Gasteiger partial charge in [-0.3, -0.25) is 4.98 Å². The minimum absolute atomic E-state index is 0.578. The third kappa shape index (κ3) is 2.65. The second-order valence-electron chi connectivity index (χ2n) is 4.70. The summed E-state index contributed by atoms with van der Waals surface area (Å²) in [6, 6.07) is 2.13. The van der Waals surface area contributed by atoms with E-state index in [4.69, 9.17) is 0 Å². The zero-order valence-corrected chi connectivity index (χ0v) is 10.2. The first-order valence-corrected chi connectivity index (χ1v) is 6.21. The van der Waals surface area contributed by atoms with Gasteiger partial charge < -0.3 is 10.6 Å². The van der Waals surface area contributed by atoms with E-state index >= 15 is 0 Å². The predicted octanol–water partition coefficient (Wildman–Crippen LogP) is 3.12. The van der Waals surface area contributed by atoms with Crippen molar-refractivity contribution in [2.75, 3.05) is 23.7 Å². The zero-order valence-electron chi connectivity index (χ0n) is 10.2. The average molecular weight is 219 g/mol. The van der Waals surface area contributed by atoms with Crippen LogP contribution in [0.5, 0.6) is 0 Å². The Labute approximate surface area is 97.7 Å². The number of nitrogens with zero attached hydrogens (tertiary/aromatic N) is 1. The van der Waals surface area contributed by atoms with E-state index in [-0.39, 0.29) is 0 Å². The number of hydrogen-bond acceptors (Lipinski definition) is 3. The summed E-state index contributed by atoms with van der Waals surface area (Å²) in [7, 11) is 0.